The van der Waals surface area contributed by atoms with E-state index in [1.54, 1.807) is 27.4 Å². The lowest BCUT2D eigenvalue weighted by molar-refractivity contribution is 0.322. The van der Waals surface area contributed by atoms with Gasteiger partial charge in [-0.1, -0.05) is 42.5 Å². The maximum absolute atomic E-state index is 5.46. The number of allylic oxidation sites excluding steroid dienone is 2. The van der Waals surface area contributed by atoms with Gasteiger partial charge in [-0.05, 0) is 30.5 Å². The lowest BCUT2D eigenvalue weighted by Crippen LogP contribution is -1.98. The number of benzene rings is 2. The SMILES string of the molecule is COc1c[c]c(CC=CCc2ccccc2)c(OC)c1OC. The van der Waals surface area contributed by atoms with Gasteiger partial charge in [0.05, 0.1) is 21.3 Å². The Bertz CT molecular complexity index is 618. The van der Waals surface area contributed by atoms with Crippen molar-refractivity contribution in [1.82, 2.24) is 0 Å². The van der Waals surface area contributed by atoms with Crippen LogP contribution in [-0.2, 0) is 12.8 Å². The van der Waals surface area contributed by atoms with Gasteiger partial charge in [-0.25, -0.2) is 0 Å². The predicted molar refractivity (Wildman–Crippen MR) is 87.9 cm³/mol. The molecule has 0 saturated carbocycles. The molecule has 2 aromatic carbocycles. The van der Waals surface area contributed by atoms with Crippen molar-refractivity contribution in [3.05, 3.63) is 65.7 Å². The molecule has 0 aliphatic heterocycles. The van der Waals surface area contributed by atoms with Crippen molar-refractivity contribution in [3.63, 3.8) is 0 Å². The van der Waals surface area contributed by atoms with Crippen molar-refractivity contribution >= 4 is 0 Å². The van der Waals surface area contributed by atoms with E-state index in [9.17, 15) is 0 Å². The highest BCUT2D eigenvalue weighted by atomic mass is 16.5. The van der Waals surface area contributed by atoms with Crippen LogP contribution < -0.4 is 14.2 Å². The minimum atomic E-state index is 0.607. The molecule has 0 unspecified atom stereocenters. The fourth-order valence-corrected chi connectivity index (χ4v) is 2.28. The molecule has 0 aromatic heterocycles. The van der Waals surface area contributed by atoms with Crippen molar-refractivity contribution in [1.29, 1.82) is 0 Å². The Labute approximate surface area is 132 Å². The van der Waals surface area contributed by atoms with Crippen LogP contribution in [0, 0.1) is 6.07 Å². The average molecular weight is 297 g/mol. The first kappa shape index (κ1) is 16.0. The van der Waals surface area contributed by atoms with Crippen LogP contribution in [0.2, 0.25) is 0 Å². The zero-order chi connectivity index (χ0) is 15.8. The summed E-state index contributed by atoms with van der Waals surface area (Å²) in [5.41, 5.74) is 2.24. The first-order valence-corrected chi connectivity index (χ1v) is 7.18. The maximum Gasteiger partial charge on any atom is 0.203 e. The third kappa shape index (κ3) is 3.82. The number of hydrogen-bond acceptors (Lipinski definition) is 3. The van der Waals surface area contributed by atoms with Crippen molar-refractivity contribution in [2.24, 2.45) is 0 Å². The monoisotopic (exact) mass is 297 g/mol. The molecule has 0 aliphatic rings. The first-order chi connectivity index (χ1) is 10.8. The number of hydrogen-bond donors (Lipinski definition) is 0. The molecule has 2 rings (SSSR count). The Morgan fingerprint density at radius 3 is 2.18 bits per heavy atom. The summed E-state index contributed by atoms with van der Waals surface area (Å²) in [6, 6.07) is 15.3. The third-order valence-corrected chi connectivity index (χ3v) is 3.39. The van der Waals surface area contributed by atoms with E-state index in [-0.39, 0.29) is 0 Å². The molecular formula is C19H21O3. The Balaban J connectivity index is 2.09. The minimum Gasteiger partial charge on any atom is -0.493 e. The quantitative estimate of drug-likeness (QED) is 0.726. The smallest absolute Gasteiger partial charge is 0.203 e. The number of methoxy groups -OCH3 is 3. The minimum absolute atomic E-state index is 0.607. The fourth-order valence-electron chi connectivity index (χ4n) is 2.28. The van der Waals surface area contributed by atoms with E-state index in [1.807, 2.05) is 18.2 Å². The van der Waals surface area contributed by atoms with E-state index in [0.717, 1.165) is 18.4 Å². The zero-order valence-corrected chi connectivity index (χ0v) is 13.3. The van der Waals surface area contributed by atoms with Gasteiger partial charge in [0.1, 0.15) is 0 Å². The van der Waals surface area contributed by atoms with Crippen LogP contribution in [0.25, 0.3) is 0 Å². The highest BCUT2D eigenvalue weighted by molar-refractivity contribution is 5.55. The van der Waals surface area contributed by atoms with Crippen LogP contribution in [0.3, 0.4) is 0 Å². The van der Waals surface area contributed by atoms with E-state index in [0.29, 0.717) is 17.2 Å². The number of ether oxygens (including phenoxy) is 3. The molecule has 0 spiro atoms. The molecule has 3 nitrogen and oxygen atoms in total. The van der Waals surface area contributed by atoms with Crippen molar-refractivity contribution < 1.29 is 14.2 Å². The molecular weight excluding hydrogens is 276 g/mol. The first-order valence-electron chi connectivity index (χ1n) is 7.18. The maximum atomic E-state index is 5.46. The summed E-state index contributed by atoms with van der Waals surface area (Å²) in [4.78, 5) is 0. The van der Waals surface area contributed by atoms with E-state index in [4.69, 9.17) is 14.2 Å². The largest absolute Gasteiger partial charge is 0.493 e. The summed E-state index contributed by atoms with van der Waals surface area (Å²) < 4.78 is 16.1. The van der Waals surface area contributed by atoms with Crippen LogP contribution in [0.15, 0.2) is 48.6 Å². The average Bonchev–Trinajstić information content (AvgIpc) is 2.58. The van der Waals surface area contributed by atoms with Crippen molar-refractivity contribution in [2.45, 2.75) is 12.8 Å². The normalized spacial score (nSPS) is 10.7. The van der Waals surface area contributed by atoms with Gasteiger partial charge in [-0.2, -0.15) is 0 Å². The fraction of sp³-hybridized carbons (Fsp3) is 0.263. The summed E-state index contributed by atoms with van der Waals surface area (Å²) in [5.74, 6) is 1.90. The van der Waals surface area contributed by atoms with Crippen LogP contribution >= 0.6 is 0 Å². The highest BCUT2D eigenvalue weighted by Gasteiger charge is 2.14. The molecule has 22 heavy (non-hydrogen) atoms. The van der Waals surface area contributed by atoms with Crippen LogP contribution in [-0.4, -0.2) is 21.3 Å². The van der Waals surface area contributed by atoms with Crippen LogP contribution in [0.1, 0.15) is 11.1 Å². The molecule has 115 valence electrons. The second-order valence-corrected chi connectivity index (χ2v) is 4.77. The third-order valence-electron chi connectivity index (χ3n) is 3.39. The van der Waals surface area contributed by atoms with Crippen LogP contribution in [0.4, 0.5) is 0 Å². The molecule has 0 heterocycles. The Morgan fingerprint density at radius 2 is 1.55 bits per heavy atom. The van der Waals surface area contributed by atoms with Gasteiger partial charge in [0.2, 0.25) is 5.75 Å². The summed E-state index contributed by atoms with van der Waals surface area (Å²) in [6.07, 6.45) is 5.92. The molecule has 0 bridgehead atoms. The standard InChI is InChI=1S/C19H21O3/c1-20-17-14-13-16(18(21-2)19(17)22-3)12-8-7-11-15-9-5-4-6-10-15/h4-10,14H,11-12H2,1-3H3. The lowest BCUT2D eigenvalue weighted by atomic mass is 10.1. The summed E-state index contributed by atoms with van der Waals surface area (Å²) in [5, 5.41) is 0. The van der Waals surface area contributed by atoms with Gasteiger partial charge >= 0.3 is 0 Å². The number of rotatable bonds is 7. The molecule has 2 aromatic rings. The molecule has 0 amide bonds. The molecule has 0 N–H and O–H groups in total. The van der Waals surface area contributed by atoms with Gasteiger partial charge in [-0.3, -0.25) is 0 Å². The molecule has 0 atom stereocenters. The molecule has 3 heteroatoms. The second kappa shape index (κ2) is 8.13. The van der Waals surface area contributed by atoms with Gasteiger partial charge in [0.15, 0.2) is 11.5 Å². The predicted octanol–water partition coefficient (Wildman–Crippen LogP) is 3.85. The molecule has 0 saturated heterocycles. The van der Waals surface area contributed by atoms with Gasteiger partial charge in [-0.15, -0.1) is 0 Å². The second-order valence-electron chi connectivity index (χ2n) is 4.77. The molecule has 0 aliphatic carbocycles. The van der Waals surface area contributed by atoms with Crippen LogP contribution in [0.5, 0.6) is 17.2 Å². The van der Waals surface area contributed by atoms with E-state index in [2.05, 4.69) is 30.4 Å². The van der Waals surface area contributed by atoms with Crippen molar-refractivity contribution in [3.8, 4) is 17.2 Å². The summed E-state index contributed by atoms with van der Waals surface area (Å²) in [7, 11) is 4.84. The zero-order valence-electron chi connectivity index (χ0n) is 13.3. The summed E-state index contributed by atoms with van der Waals surface area (Å²) in [6.45, 7) is 0. The topological polar surface area (TPSA) is 27.7 Å². The Hall–Kier alpha value is -2.42. The van der Waals surface area contributed by atoms with E-state index >= 15 is 0 Å². The lowest BCUT2D eigenvalue weighted by Gasteiger charge is -2.14. The Morgan fingerprint density at radius 1 is 0.864 bits per heavy atom. The van der Waals surface area contributed by atoms with Gasteiger partial charge in [0, 0.05) is 5.56 Å². The highest BCUT2D eigenvalue weighted by Crippen LogP contribution is 2.39. The van der Waals surface area contributed by atoms with Gasteiger partial charge < -0.3 is 14.2 Å². The molecule has 0 fully saturated rings. The van der Waals surface area contributed by atoms with Crippen molar-refractivity contribution in [2.75, 3.05) is 21.3 Å². The summed E-state index contributed by atoms with van der Waals surface area (Å²) >= 11 is 0. The van der Waals surface area contributed by atoms with E-state index in [1.165, 1.54) is 5.56 Å². The van der Waals surface area contributed by atoms with E-state index < -0.39 is 0 Å². The molecule has 1 radical (unpaired) electrons. The van der Waals surface area contributed by atoms with Gasteiger partial charge in [0.25, 0.3) is 0 Å². The Kier molecular flexibility index (Phi) is 5.90.